The van der Waals surface area contributed by atoms with Crippen LogP contribution in [0, 0.1) is 11.6 Å². The molecule has 0 radical (unpaired) electrons. The van der Waals surface area contributed by atoms with Crippen LogP contribution in [0.15, 0.2) is 29.1 Å². The smallest absolute Gasteiger partial charge is 0.343 e. The fourth-order valence-corrected chi connectivity index (χ4v) is 4.42. The Kier molecular flexibility index (Phi) is 7.39. The summed E-state index contributed by atoms with van der Waals surface area (Å²) in [6, 6.07) is 5.09. The molecule has 0 bridgehead atoms. The van der Waals surface area contributed by atoms with E-state index in [2.05, 4.69) is 0 Å². The number of ether oxygens (including phenoxy) is 3. The largest absolute Gasteiger partial charge is 0.490 e. The van der Waals surface area contributed by atoms with E-state index >= 15 is 0 Å². The van der Waals surface area contributed by atoms with Crippen LogP contribution in [-0.2, 0) is 29.0 Å². The zero-order chi connectivity index (χ0) is 23.4. The van der Waals surface area contributed by atoms with Crippen molar-refractivity contribution >= 4 is 5.97 Å². The minimum Gasteiger partial charge on any atom is -0.490 e. The number of aromatic nitrogens is 1. The van der Waals surface area contributed by atoms with Gasteiger partial charge in [-0.3, -0.25) is 9.69 Å². The number of rotatable bonds is 6. The van der Waals surface area contributed by atoms with Crippen molar-refractivity contribution in [1.82, 2.24) is 9.47 Å². The number of fused-ring (bicyclic) bond motifs is 1. The van der Waals surface area contributed by atoms with Gasteiger partial charge in [-0.15, -0.1) is 0 Å². The van der Waals surface area contributed by atoms with Gasteiger partial charge in [-0.25, -0.2) is 13.6 Å². The number of hydrogen-bond acceptors (Lipinski definition) is 6. The van der Waals surface area contributed by atoms with E-state index in [1.807, 2.05) is 4.90 Å². The quantitative estimate of drug-likeness (QED) is 0.615. The van der Waals surface area contributed by atoms with Crippen molar-refractivity contribution in [1.29, 1.82) is 0 Å². The second-order valence-electron chi connectivity index (χ2n) is 8.34. The summed E-state index contributed by atoms with van der Waals surface area (Å²) in [6.07, 6.45) is 3.16. The highest BCUT2D eigenvalue weighted by Crippen LogP contribution is 2.26. The number of esters is 1. The summed E-state index contributed by atoms with van der Waals surface area (Å²) in [7, 11) is 1.28. The highest BCUT2D eigenvalue weighted by atomic mass is 19.1. The molecule has 2 aliphatic rings. The Hall–Kier alpha value is -2.78. The molecule has 178 valence electrons. The molecule has 7 nitrogen and oxygen atoms in total. The zero-order valence-corrected chi connectivity index (χ0v) is 18.6. The maximum Gasteiger partial charge on any atom is 0.343 e. The fraction of sp³-hybridized carbons (Fsp3) is 0.500. The topological polar surface area (TPSA) is 70.0 Å². The van der Waals surface area contributed by atoms with Gasteiger partial charge in [0.2, 0.25) is 0 Å². The highest BCUT2D eigenvalue weighted by molar-refractivity contribution is 5.93. The minimum atomic E-state index is -0.607. The first-order valence-electron chi connectivity index (χ1n) is 11.2. The molecular weight excluding hydrogens is 434 g/mol. The second kappa shape index (κ2) is 10.4. The molecule has 3 heterocycles. The number of halogens is 2. The van der Waals surface area contributed by atoms with Crippen molar-refractivity contribution in [3.8, 4) is 5.75 Å². The van der Waals surface area contributed by atoms with Crippen molar-refractivity contribution < 1.29 is 27.8 Å². The fourth-order valence-electron chi connectivity index (χ4n) is 4.42. The van der Waals surface area contributed by atoms with E-state index in [-0.39, 0.29) is 48.2 Å². The Bertz CT molecular complexity index is 1050. The third kappa shape index (κ3) is 5.25. The van der Waals surface area contributed by atoms with Gasteiger partial charge in [0.05, 0.1) is 13.2 Å². The summed E-state index contributed by atoms with van der Waals surface area (Å²) in [5.74, 6) is -1.62. The predicted octanol–water partition coefficient (Wildman–Crippen LogP) is 2.92. The zero-order valence-electron chi connectivity index (χ0n) is 18.6. The van der Waals surface area contributed by atoms with E-state index in [1.54, 1.807) is 0 Å². The number of methoxy groups -OCH3 is 1. The Balaban J connectivity index is 1.58. The Morgan fingerprint density at radius 3 is 2.67 bits per heavy atom. The van der Waals surface area contributed by atoms with Gasteiger partial charge in [-0.05, 0) is 31.4 Å². The van der Waals surface area contributed by atoms with E-state index in [9.17, 15) is 18.4 Å². The number of benzene rings is 1. The average molecular weight is 462 g/mol. The summed E-state index contributed by atoms with van der Waals surface area (Å²) < 4.78 is 46.4. The lowest BCUT2D eigenvalue weighted by molar-refractivity contribution is -0.0114. The molecule has 1 aromatic carbocycles. The van der Waals surface area contributed by atoms with Crippen LogP contribution in [0.1, 0.15) is 40.9 Å². The first-order valence-corrected chi connectivity index (χ1v) is 11.2. The van der Waals surface area contributed by atoms with Gasteiger partial charge < -0.3 is 18.8 Å². The van der Waals surface area contributed by atoms with Gasteiger partial charge in [0.15, 0.2) is 0 Å². The van der Waals surface area contributed by atoms with Crippen LogP contribution in [0.2, 0.25) is 0 Å². The summed E-state index contributed by atoms with van der Waals surface area (Å²) in [5.41, 5.74) is 0.411. The number of carbonyl (C=O) groups excluding carboxylic acids is 1. The summed E-state index contributed by atoms with van der Waals surface area (Å²) in [5, 5.41) is 0. The van der Waals surface area contributed by atoms with Gasteiger partial charge >= 0.3 is 5.97 Å². The van der Waals surface area contributed by atoms with Crippen LogP contribution >= 0.6 is 0 Å². The number of hydrogen-bond donors (Lipinski definition) is 0. The van der Waals surface area contributed by atoms with Gasteiger partial charge in [-0.1, -0.05) is 6.07 Å². The molecule has 9 heteroatoms. The van der Waals surface area contributed by atoms with Crippen molar-refractivity contribution in [3.63, 3.8) is 0 Å². The van der Waals surface area contributed by atoms with Gasteiger partial charge in [0.25, 0.3) is 5.56 Å². The minimum absolute atomic E-state index is 0.0134. The first kappa shape index (κ1) is 23.4. The molecule has 0 unspecified atom stereocenters. The SMILES string of the molecule is COC(=O)c1c(OC[C@@H]2CCCCO2)cc(=O)n2c1CCN(Cc1c(F)cccc1F)CC2. The maximum absolute atomic E-state index is 14.1. The van der Waals surface area contributed by atoms with Crippen molar-refractivity contribution in [3.05, 3.63) is 63.1 Å². The lowest BCUT2D eigenvalue weighted by Gasteiger charge is -2.24. The standard InChI is InChI=1S/C24H28F2N2O5/c1-31-24(30)23-20-8-9-27(14-17-18(25)6-4-7-19(17)26)10-11-28(20)22(29)13-21(23)33-15-16-5-2-3-12-32-16/h4,6-7,13,16H,2-3,5,8-12,14-15H2,1H3/t16-/m0/s1. The first-order chi connectivity index (χ1) is 16.0. The van der Waals surface area contributed by atoms with E-state index in [0.29, 0.717) is 31.8 Å². The third-order valence-electron chi connectivity index (χ3n) is 6.22. The van der Waals surface area contributed by atoms with Crippen LogP contribution in [0.5, 0.6) is 5.75 Å². The second-order valence-corrected chi connectivity index (χ2v) is 8.34. The molecule has 1 saturated heterocycles. The lowest BCUT2D eigenvalue weighted by Crippen LogP contribution is -2.30. The monoisotopic (exact) mass is 462 g/mol. The normalized spacial score (nSPS) is 18.9. The van der Waals surface area contributed by atoms with E-state index < -0.39 is 17.6 Å². The van der Waals surface area contributed by atoms with Crippen LogP contribution in [0.25, 0.3) is 0 Å². The summed E-state index contributed by atoms with van der Waals surface area (Å²) in [6.45, 7) is 2.07. The molecule has 4 rings (SSSR count). The molecule has 2 aromatic rings. The van der Waals surface area contributed by atoms with Crippen molar-refractivity contribution in [2.45, 2.75) is 44.9 Å². The highest BCUT2D eigenvalue weighted by Gasteiger charge is 2.27. The molecule has 0 aliphatic carbocycles. The average Bonchev–Trinajstić information content (AvgIpc) is 3.03. The number of nitrogens with zero attached hydrogens (tertiary/aromatic N) is 2. The molecule has 1 fully saturated rings. The van der Waals surface area contributed by atoms with Gasteiger partial charge in [0, 0.05) is 56.5 Å². The molecular formula is C24H28F2N2O5. The summed E-state index contributed by atoms with van der Waals surface area (Å²) >= 11 is 0. The molecule has 2 aliphatic heterocycles. The Morgan fingerprint density at radius 2 is 1.97 bits per heavy atom. The van der Waals surface area contributed by atoms with Crippen LogP contribution in [0.4, 0.5) is 8.78 Å². The Morgan fingerprint density at radius 1 is 1.18 bits per heavy atom. The molecule has 0 amide bonds. The van der Waals surface area contributed by atoms with E-state index in [0.717, 1.165) is 19.3 Å². The molecule has 0 saturated carbocycles. The van der Waals surface area contributed by atoms with Crippen LogP contribution < -0.4 is 10.3 Å². The lowest BCUT2D eigenvalue weighted by atomic mass is 10.1. The molecule has 0 spiro atoms. The predicted molar refractivity (Wildman–Crippen MR) is 116 cm³/mol. The van der Waals surface area contributed by atoms with Gasteiger partial charge in [-0.2, -0.15) is 0 Å². The number of carbonyl (C=O) groups is 1. The molecule has 0 N–H and O–H groups in total. The molecule has 33 heavy (non-hydrogen) atoms. The van der Waals surface area contributed by atoms with Gasteiger partial charge in [0.1, 0.15) is 29.6 Å². The summed E-state index contributed by atoms with van der Waals surface area (Å²) in [4.78, 5) is 27.4. The van der Waals surface area contributed by atoms with E-state index in [4.69, 9.17) is 14.2 Å². The van der Waals surface area contributed by atoms with Crippen LogP contribution in [0.3, 0.4) is 0 Å². The van der Waals surface area contributed by atoms with Crippen molar-refractivity contribution in [2.75, 3.05) is 33.4 Å². The van der Waals surface area contributed by atoms with E-state index in [1.165, 1.54) is 35.9 Å². The molecule has 1 aromatic heterocycles. The molecule has 1 atom stereocenters. The Labute approximate surface area is 190 Å². The maximum atomic E-state index is 14.1. The van der Waals surface area contributed by atoms with Crippen LogP contribution in [-0.4, -0.2) is 55.0 Å². The third-order valence-corrected chi connectivity index (χ3v) is 6.22. The number of pyridine rings is 1. The van der Waals surface area contributed by atoms with Crippen molar-refractivity contribution in [2.24, 2.45) is 0 Å².